The molecule has 1 unspecified atom stereocenters. The summed E-state index contributed by atoms with van der Waals surface area (Å²) in [4.78, 5) is 28.8. The van der Waals surface area contributed by atoms with Gasteiger partial charge in [0.2, 0.25) is 5.91 Å². The van der Waals surface area contributed by atoms with Gasteiger partial charge in [0.25, 0.3) is 0 Å². The molecule has 0 aliphatic carbocycles. The van der Waals surface area contributed by atoms with E-state index in [4.69, 9.17) is 4.74 Å². The van der Waals surface area contributed by atoms with Crippen LogP contribution in [-0.4, -0.2) is 23.0 Å². The number of rotatable bonds is 7. The molecule has 1 atom stereocenters. The molecular weight excluding hydrogens is 402 g/mol. The SMILES string of the molecule is Cc1ccc(NC(=O)C(Cc2c[nH]c3ccccc23)NC(=O)OCc2ccccc2)cc1. The second kappa shape index (κ2) is 9.83. The molecule has 32 heavy (non-hydrogen) atoms. The zero-order valence-corrected chi connectivity index (χ0v) is 17.8. The molecule has 1 aromatic heterocycles. The van der Waals surface area contributed by atoms with Crippen LogP contribution in [0.3, 0.4) is 0 Å². The van der Waals surface area contributed by atoms with E-state index in [2.05, 4.69) is 15.6 Å². The highest BCUT2D eigenvalue weighted by atomic mass is 16.5. The van der Waals surface area contributed by atoms with Gasteiger partial charge in [-0.25, -0.2) is 4.79 Å². The number of hydrogen-bond acceptors (Lipinski definition) is 3. The monoisotopic (exact) mass is 427 g/mol. The Hall–Kier alpha value is -4.06. The molecule has 3 aromatic carbocycles. The second-order valence-electron chi connectivity index (χ2n) is 7.68. The van der Waals surface area contributed by atoms with E-state index >= 15 is 0 Å². The summed E-state index contributed by atoms with van der Waals surface area (Å²) in [6.07, 6.45) is 1.55. The molecule has 162 valence electrons. The first-order valence-corrected chi connectivity index (χ1v) is 10.5. The average molecular weight is 428 g/mol. The van der Waals surface area contributed by atoms with Crippen molar-refractivity contribution in [3.05, 3.63) is 102 Å². The number of anilines is 1. The number of aryl methyl sites for hydroxylation is 1. The van der Waals surface area contributed by atoms with Crippen LogP contribution >= 0.6 is 0 Å². The summed E-state index contributed by atoms with van der Waals surface area (Å²) in [7, 11) is 0. The summed E-state index contributed by atoms with van der Waals surface area (Å²) in [6.45, 7) is 2.11. The van der Waals surface area contributed by atoms with Crippen molar-refractivity contribution in [1.29, 1.82) is 0 Å². The summed E-state index contributed by atoms with van der Waals surface area (Å²) in [5.41, 5.74) is 4.56. The maximum Gasteiger partial charge on any atom is 0.408 e. The van der Waals surface area contributed by atoms with Crippen LogP contribution in [0.25, 0.3) is 10.9 Å². The molecule has 0 bridgehead atoms. The van der Waals surface area contributed by atoms with E-state index in [-0.39, 0.29) is 12.5 Å². The minimum atomic E-state index is -0.807. The van der Waals surface area contributed by atoms with E-state index < -0.39 is 12.1 Å². The zero-order chi connectivity index (χ0) is 22.3. The molecule has 1 heterocycles. The van der Waals surface area contributed by atoms with E-state index in [1.54, 1.807) is 0 Å². The lowest BCUT2D eigenvalue weighted by Gasteiger charge is -2.18. The maximum absolute atomic E-state index is 13.1. The lowest BCUT2D eigenvalue weighted by Crippen LogP contribution is -2.45. The molecule has 4 aromatic rings. The number of alkyl carbamates (subject to hydrolysis) is 1. The van der Waals surface area contributed by atoms with Crippen molar-refractivity contribution in [3.8, 4) is 0 Å². The smallest absolute Gasteiger partial charge is 0.408 e. The number of benzene rings is 3. The first kappa shape index (κ1) is 21.2. The summed E-state index contributed by atoms with van der Waals surface area (Å²) < 4.78 is 5.34. The van der Waals surface area contributed by atoms with Crippen LogP contribution < -0.4 is 10.6 Å². The number of aromatic nitrogens is 1. The van der Waals surface area contributed by atoms with Crippen molar-refractivity contribution in [1.82, 2.24) is 10.3 Å². The minimum absolute atomic E-state index is 0.131. The number of ether oxygens (including phenoxy) is 1. The quantitative estimate of drug-likeness (QED) is 0.390. The van der Waals surface area contributed by atoms with Crippen molar-refractivity contribution in [2.45, 2.75) is 26.0 Å². The number of carbonyl (C=O) groups excluding carboxylic acids is 2. The minimum Gasteiger partial charge on any atom is -0.445 e. The number of para-hydroxylation sites is 1. The number of fused-ring (bicyclic) bond motifs is 1. The number of hydrogen-bond donors (Lipinski definition) is 3. The van der Waals surface area contributed by atoms with Crippen molar-refractivity contribution < 1.29 is 14.3 Å². The molecule has 3 N–H and O–H groups in total. The Morgan fingerprint density at radius 2 is 1.66 bits per heavy atom. The Morgan fingerprint density at radius 3 is 2.44 bits per heavy atom. The standard InChI is InChI=1S/C26H25N3O3/c1-18-11-13-21(14-12-18)28-25(30)24(15-20-16-27-23-10-6-5-9-22(20)23)29-26(31)32-17-19-7-3-2-4-8-19/h2-14,16,24,27H,15,17H2,1H3,(H,28,30)(H,29,31). The molecule has 0 saturated heterocycles. The molecule has 0 radical (unpaired) electrons. The van der Waals surface area contributed by atoms with Crippen LogP contribution in [0.5, 0.6) is 0 Å². The average Bonchev–Trinajstić information content (AvgIpc) is 3.22. The van der Waals surface area contributed by atoms with Crippen molar-refractivity contribution in [2.75, 3.05) is 5.32 Å². The van der Waals surface area contributed by atoms with Gasteiger partial charge in [-0.15, -0.1) is 0 Å². The van der Waals surface area contributed by atoms with Crippen molar-refractivity contribution >= 4 is 28.6 Å². The fraction of sp³-hybridized carbons (Fsp3) is 0.154. The first-order valence-electron chi connectivity index (χ1n) is 10.5. The Bertz CT molecular complexity index is 1200. The third-order valence-electron chi connectivity index (χ3n) is 5.24. The number of amides is 2. The predicted molar refractivity (Wildman–Crippen MR) is 125 cm³/mol. The number of H-pyrrole nitrogens is 1. The van der Waals surface area contributed by atoms with Crippen LogP contribution in [0, 0.1) is 6.92 Å². The van der Waals surface area contributed by atoms with Crippen LogP contribution in [0.2, 0.25) is 0 Å². The van der Waals surface area contributed by atoms with Gasteiger partial charge in [0.1, 0.15) is 12.6 Å². The van der Waals surface area contributed by atoms with Crippen LogP contribution in [0.15, 0.2) is 85.1 Å². The molecule has 0 aliphatic heterocycles. The van der Waals surface area contributed by atoms with E-state index in [0.717, 1.165) is 27.6 Å². The Balaban J connectivity index is 1.49. The highest BCUT2D eigenvalue weighted by Crippen LogP contribution is 2.20. The summed E-state index contributed by atoms with van der Waals surface area (Å²) in [6, 6.07) is 24.0. The fourth-order valence-electron chi connectivity index (χ4n) is 3.50. The summed E-state index contributed by atoms with van der Waals surface area (Å²) >= 11 is 0. The highest BCUT2D eigenvalue weighted by molar-refractivity contribution is 5.97. The van der Waals surface area contributed by atoms with E-state index in [0.29, 0.717) is 12.1 Å². The zero-order valence-electron chi connectivity index (χ0n) is 17.8. The van der Waals surface area contributed by atoms with Gasteiger partial charge in [-0.3, -0.25) is 4.79 Å². The molecule has 0 fully saturated rings. The van der Waals surface area contributed by atoms with Crippen molar-refractivity contribution in [2.24, 2.45) is 0 Å². The lowest BCUT2D eigenvalue weighted by atomic mass is 10.0. The normalized spacial score (nSPS) is 11.7. The van der Waals surface area contributed by atoms with E-state index in [1.807, 2.05) is 92.0 Å². The summed E-state index contributed by atoms with van der Waals surface area (Å²) in [5.74, 6) is -0.309. The molecule has 6 heteroatoms. The van der Waals surface area contributed by atoms with Gasteiger partial charge in [0.15, 0.2) is 0 Å². The predicted octanol–water partition coefficient (Wildman–Crippen LogP) is 4.95. The van der Waals surface area contributed by atoms with Crippen LogP contribution in [0.4, 0.5) is 10.5 Å². The first-order chi connectivity index (χ1) is 15.6. The molecule has 0 spiro atoms. The van der Waals surface area contributed by atoms with Gasteiger partial charge in [-0.05, 0) is 36.2 Å². The number of carbonyl (C=O) groups is 2. The van der Waals surface area contributed by atoms with Gasteiger partial charge in [0, 0.05) is 29.2 Å². The number of aromatic amines is 1. The Labute approximate surface area is 186 Å². The Kier molecular flexibility index (Phi) is 6.51. The number of nitrogens with one attached hydrogen (secondary N) is 3. The van der Waals surface area contributed by atoms with Gasteiger partial charge < -0.3 is 20.4 Å². The van der Waals surface area contributed by atoms with Gasteiger partial charge in [-0.2, -0.15) is 0 Å². The molecule has 6 nitrogen and oxygen atoms in total. The topological polar surface area (TPSA) is 83.2 Å². The van der Waals surface area contributed by atoms with E-state index in [9.17, 15) is 9.59 Å². The largest absolute Gasteiger partial charge is 0.445 e. The van der Waals surface area contributed by atoms with Gasteiger partial charge in [-0.1, -0.05) is 66.2 Å². The third kappa shape index (κ3) is 5.35. The highest BCUT2D eigenvalue weighted by Gasteiger charge is 2.23. The van der Waals surface area contributed by atoms with Crippen molar-refractivity contribution in [3.63, 3.8) is 0 Å². The van der Waals surface area contributed by atoms with Crippen LogP contribution in [-0.2, 0) is 22.6 Å². The molecular formula is C26H25N3O3. The second-order valence-corrected chi connectivity index (χ2v) is 7.68. The Morgan fingerprint density at radius 1 is 0.938 bits per heavy atom. The molecule has 0 aliphatic rings. The molecule has 4 rings (SSSR count). The maximum atomic E-state index is 13.1. The molecule has 2 amide bonds. The van der Waals surface area contributed by atoms with Crippen LogP contribution in [0.1, 0.15) is 16.7 Å². The van der Waals surface area contributed by atoms with Gasteiger partial charge >= 0.3 is 6.09 Å². The lowest BCUT2D eigenvalue weighted by molar-refractivity contribution is -0.118. The third-order valence-corrected chi connectivity index (χ3v) is 5.24. The van der Waals surface area contributed by atoms with E-state index in [1.165, 1.54) is 0 Å². The summed E-state index contributed by atoms with van der Waals surface area (Å²) in [5, 5.41) is 6.64. The fourth-order valence-corrected chi connectivity index (χ4v) is 3.50. The van der Waals surface area contributed by atoms with Gasteiger partial charge in [0.05, 0.1) is 0 Å². The molecule has 0 saturated carbocycles.